The van der Waals surface area contributed by atoms with E-state index in [1.54, 1.807) is 7.11 Å². The van der Waals surface area contributed by atoms with Gasteiger partial charge in [-0.3, -0.25) is 0 Å². The van der Waals surface area contributed by atoms with Crippen molar-refractivity contribution in [2.24, 2.45) is 0 Å². The number of ether oxygens (including phenoxy) is 1. The Morgan fingerprint density at radius 3 is 3.38 bits per heavy atom. The van der Waals surface area contributed by atoms with Gasteiger partial charge in [0.05, 0.1) is 0 Å². The van der Waals surface area contributed by atoms with Gasteiger partial charge in [-0.25, -0.2) is 4.98 Å². The van der Waals surface area contributed by atoms with Crippen LogP contribution in [0.4, 0.5) is 5.95 Å². The molecule has 90 valence electrons. The molecular formula is C11H19N3OS. The Morgan fingerprint density at radius 1 is 1.69 bits per heavy atom. The Morgan fingerprint density at radius 2 is 2.62 bits per heavy atom. The smallest absolute Gasteiger partial charge is 0.203 e. The van der Waals surface area contributed by atoms with E-state index in [4.69, 9.17) is 4.74 Å². The molecule has 1 atom stereocenters. The first-order valence-electron chi connectivity index (χ1n) is 5.74. The molecule has 4 nitrogen and oxygen atoms in total. The average molecular weight is 241 g/mol. The molecule has 2 heterocycles. The van der Waals surface area contributed by atoms with Crippen LogP contribution in [0.15, 0.2) is 12.4 Å². The van der Waals surface area contributed by atoms with Crippen molar-refractivity contribution in [3.05, 3.63) is 12.4 Å². The summed E-state index contributed by atoms with van der Waals surface area (Å²) >= 11 is 2.01. The van der Waals surface area contributed by atoms with Crippen molar-refractivity contribution < 1.29 is 4.74 Å². The third-order valence-corrected chi connectivity index (χ3v) is 3.89. The van der Waals surface area contributed by atoms with Crippen LogP contribution in [0.1, 0.15) is 12.8 Å². The molecule has 0 spiro atoms. The lowest BCUT2D eigenvalue weighted by atomic mass is 10.3. The van der Waals surface area contributed by atoms with Gasteiger partial charge < -0.3 is 14.6 Å². The molecular weight excluding hydrogens is 222 g/mol. The normalized spacial score (nSPS) is 20.2. The van der Waals surface area contributed by atoms with Crippen LogP contribution in [0.2, 0.25) is 0 Å². The number of hydrogen-bond acceptors (Lipinski definition) is 4. The van der Waals surface area contributed by atoms with E-state index < -0.39 is 0 Å². The second-order valence-electron chi connectivity index (χ2n) is 4.00. The third-order valence-electron chi connectivity index (χ3n) is 2.73. The molecule has 0 radical (unpaired) electrons. The molecule has 0 aromatic carbocycles. The number of aromatic nitrogens is 2. The summed E-state index contributed by atoms with van der Waals surface area (Å²) in [5.74, 6) is 3.47. The van der Waals surface area contributed by atoms with Gasteiger partial charge in [-0.1, -0.05) is 0 Å². The Hall–Kier alpha value is -0.680. The maximum atomic E-state index is 5.06. The van der Waals surface area contributed by atoms with E-state index in [0.717, 1.165) is 25.5 Å². The van der Waals surface area contributed by atoms with E-state index >= 15 is 0 Å². The van der Waals surface area contributed by atoms with Crippen molar-refractivity contribution in [3.8, 4) is 0 Å². The molecule has 1 aliphatic heterocycles. The van der Waals surface area contributed by atoms with Crippen LogP contribution in [-0.2, 0) is 11.3 Å². The summed E-state index contributed by atoms with van der Waals surface area (Å²) in [4.78, 5) is 4.36. The Bertz CT molecular complexity index is 310. The monoisotopic (exact) mass is 241 g/mol. The molecule has 1 fully saturated rings. The third kappa shape index (κ3) is 3.15. The maximum absolute atomic E-state index is 5.06. The van der Waals surface area contributed by atoms with Gasteiger partial charge in [-0.15, -0.1) is 0 Å². The summed E-state index contributed by atoms with van der Waals surface area (Å²) in [5.41, 5.74) is 0. The van der Waals surface area contributed by atoms with Gasteiger partial charge in [0.1, 0.15) is 0 Å². The predicted octanol–water partition coefficient (Wildman–Crippen LogP) is 1.84. The van der Waals surface area contributed by atoms with Crippen LogP contribution in [0.3, 0.4) is 0 Å². The van der Waals surface area contributed by atoms with Crippen LogP contribution in [0.5, 0.6) is 0 Å². The highest BCUT2D eigenvalue weighted by Crippen LogP contribution is 2.20. The molecule has 0 amide bonds. The van der Waals surface area contributed by atoms with E-state index in [1.165, 1.54) is 17.9 Å². The number of imidazole rings is 1. The molecule has 1 unspecified atom stereocenters. The lowest BCUT2D eigenvalue weighted by molar-refractivity contribution is 0.190. The van der Waals surface area contributed by atoms with Gasteiger partial charge in [0.15, 0.2) is 0 Å². The zero-order valence-corrected chi connectivity index (χ0v) is 10.5. The largest absolute Gasteiger partial charge is 0.385 e. The number of anilines is 1. The SMILES string of the molecule is COCCCn1ccnc1NC1CCSC1. The molecule has 0 saturated carbocycles. The minimum atomic E-state index is 0.591. The quantitative estimate of drug-likeness (QED) is 0.771. The number of rotatable bonds is 6. The number of thioether (sulfide) groups is 1. The topological polar surface area (TPSA) is 39.1 Å². The van der Waals surface area contributed by atoms with Crippen molar-refractivity contribution in [2.45, 2.75) is 25.4 Å². The summed E-state index contributed by atoms with van der Waals surface area (Å²) in [7, 11) is 1.74. The number of hydrogen-bond donors (Lipinski definition) is 1. The summed E-state index contributed by atoms with van der Waals surface area (Å²) < 4.78 is 7.22. The lowest BCUT2D eigenvalue weighted by Gasteiger charge is -2.14. The van der Waals surface area contributed by atoms with Gasteiger partial charge >= 0.3 is 0 Å². The molecule has 1 saturated heterocycles. The predicted molar refractivity (Wildman–Crippen MR) is 68.1 cm³/mol. The number of nitrogens with one attached hydrogen (secondary N) is 1. The van der Waals surface area contributed by atoms with Crippen molar-refractivity contribution in [2.75, 3.05) is 30.5 Å². The summed E-state index contributed by atoms with van der Waals surface area (Å²) in [6, 6.07) is 0.591. The van der Waals surface area contributed by atoms with Crippen LogP contribution < -0.4 is 5.32 Å². The molecule has 1 aromatic rings. The fourth-order valence-corrected chi connectivity index (χ4v) is 2.99. The van der Waals surface area contributed by atoms with Gasteiger partial charge in [0, 0.05) is 44.4 Å². The summed E-state index contributed by atoms with van der Waals surface area (Å²) in [6.45, 7) is 1.77. The maximum Gasteiger partial charge on any atom is 0.203 e. The minimum absolute atomic E-state index is 0.591. The van der Waals surface area contributed by atoms with Crippen molar-refractivity contribution in [1.29, 1.82) is 0 Å². The van der Waals surface area contributed by atoms with Crippen LogP contribution in [-0.4, -0.2) is 40.8 Å². The molecule has 16 heavy (non-hydrogen) atoms. The standard InChI is InChI=1S/C11H19N3OS/c1-15-7-2-5-14-6-4-12-11(14)13-10-3-8-16-9-10/h4,6,10H,2-3,5,7-9H2,1H3,(H,12,13). The summed E-state index contributed by atoms with van der Waals surface area (Å²) in [5, 5.41) is 3.51. The Labute approximate surface area is 101 Å². The van der Waals surface area contributed by atoms with E-state index in [0.29, 0.717) is 6.04 Å². The average Bonchev–Trinajstić information content (AvgIpc) is 2.92. The molecule has 5 heteroatoms. The first-order chi connectivity index (χ1) is 7.90. The highest BCUT2D eigenvalue weighted by Gasteiger charge is 2.16. The second-order valence-corrected chi connectivity index (χ2v) is 5.15. The number of methoxy groups -OCH3 is 1. The number of aryl methyl sites for hydroxylation is 1. The van der Waals surface area contributed by atoms with Crippen molar-refractivity contribution >= 4 is 17.7 Å². The van der Waals surface area contributed by atoms with E-state index in [9.17, 15) is 0 Å². The fourth-order valence-electron chi connectivity index (χ4n) is 1.84. The van der Waals surface area contributed by atoms with Gasteiger partial charge in [0.2, 0.25) is 5.95 Å². The zero-order chi connectivity index (χ0) is 11.2. The first-order valence-corrected chi connectivity index (χ1v) is 6.90. The van der Waals surface area contributed by atoms with Crippen LogP contribution >= 0.6 is 11.8 Å². The highest BCUT2D eigenvalue weighted by molar-refractivity contribution is 7.99. The summed E-state index contributed by atoms with van der Waals surface area (Å²) in [6.07, 6.45) is 6.16. The molecule has 2 rings (SSSR count). The van der Waals surface area contributed by atoms with Crippen molar-refractivity contribution in [1.82, 2.24) is 9.55 Å². The molecule has 1 aliphatic rings. The Balaban J connectivity index is 1.85. The molecule has 1 N–H and O–H groups in total. The van der Waals surface area contributed by atoms with Crippen LogP contribution in [0, 0.1) is 0 Å². The zero-order valence-electron chi connectivity index (χ0n) is 9.69. The van der Waals surface area contributed by atoms with Gasteiger partial charge in [0.25, 0.3) is 0 Å². The van der Waals surface area contributed by atoms with Crippen LogP contribution in [0.25, 0.3) is 0 Å². The molecule has 0 aliphatic carbocycles. The number of nitrogens with zero attached hydrogens (tertiary/aromatic N) is 2. The first kappa shape index (κ1) is 11.8. The molecule has 1 aromatic heterocycles. The molecule has 0 bridgehead atoms. The Kier molecular flexibility index (Phi) is 4.54. The fraction of sp³-hybridized carbons (Fsp3) is 0.727. The second kappa shape index (κ2) is 6.15. The van der Waals surface area contributed by atoms with Gasteiger partial charge in [-0.2, -0.15) is 11.8 Å². The van der Waals surface area contributed by atoms with E-state index in [2.05, 4.69) is 14.9 Å². The van der Waals surface area contributed by atoms with E-state index in [-0.39, 0.29) is 0 Å². The minimum Gasteiger partial charge on any atom is -0.385 e. The lowest BCUT2D eigenvalue weighted by Crippen LogP contribution is -2.21. The van der Waals surface area contributed by atoms with E-state index in [1.807, 2.05) is 24.2 Å². The van der Waals surface area contributed by atoms with Crippen molar-refractivity contribution in [3.63, 3.8) is 0 Å². The van der Waals surface area contributed by atoms with Gasteiger partial charge in [-0.05, 0) is 18.6 Å². The highest BCUT2D eigenvalue weighted by atomic mass is 32.2.